The normalized spacial score (nSPS) is 22.8. The van der Waals surface area contributed by atoms with Crippen LogP contribution in [0.1, 0.15) is 12.5 Å². The van der Waals surface area contributed by atoms with Gasteiger partial charge in [0, 0.05) is 18.5 Å². The lowest BCUT2D eigenvalue weighted by Crippen LogP contribution is -2.38. The number of likely N-dealkylation sites (N-methyl/N-ethyl adjacent to an activating group) is 1. The number of rotatable bonds is 2. The first-order valence-electron chi connectivity index (χ1n) is 5.44. The summed E-state index contributed by atoms with van der Waals surface area (Å²) in [6.45, 7) is 1.41. The van der Waals surface area contributed by atoms with Crippen molar-refractivity contribution in [3.63, 3.8) is 0 Å². The summed E-state index contributed by atoms with van der Waals surface area (Å²) in [6, 6.07) is 3.73. The average molecular weight is 293 g/mol. The Morgan fingerprint density at radius 1 is 1.37 bits per heavy atom. The van der Waals surface area contributed by atoms with Crippen molar-refractivity contribution >= 4 is 23.4 Å². The zero-order chi connectivity index (χ0) is 14.4. The minimum atomic E-state index is -4.42. The Balaban J connectivity index is 2.41. The first kappa shape index (κ1) is 14.2. The second-order valence-electron chi connectivity index (χ2n) is 4.59. The molecule has 0 fully saturated rings. The Bertz CT molecular complexity index is 531. The zero-order valence-corrected chi connectivity index (χ0v) is 11.0. The van der Waals surface area contributed by atoms with Crippen molar-refractivity contribution in [3.05, 3.63) is 29.6 Å². The van der Waals surface area contributed by atoms with E-state index >= 15 is 0 Å². The Morgan fingerprint density at radius 2 is 2.00 bits per heavy atom. The molecule has 0 saturated heterocycles. The predicted octanol–water partition coefficient (Wildman–Crippen LogP) is 3.31. The molecule has 1 aromatic rings. The lowest BCUT2D eigenvalue weighted by molar-refractivity contribution is -0.121. The van der Waals surface area contributed by atoms with Crippen LogP contribution >= 0.6 is 11.8 Å². The van der Waals surface area contributed by atoms with Crippen LogP contribution in [0.3, 0.4) is 0 Å². The van der Waals surface area contributed by atoms with Gasteiger partial charge in [0.15, 0.2) is 0 Å². The van der Waals surface area contributed by atoms with Gasteiger partial charge >= 0.3 is 5.51 Å². The maximum Gasteiger partial charge on any atom is 0.441 e. The van der Waals surface area contributed by atoms with Gasteiger partial charge in [-0.15, -0.1) is 0 Å². The van der Waals surface area contributed by atoms with E-state index in [4.69, 9.17) is 0 Å². The van der Waals surface area contributed by atoms with Crippen LogP contribution in [0.15, 0.2) is 18.2 Å². The number of thioether (sulfide) groups is 1. The molecule has 19 heavy (non-hydrogen) atoms. The van der Waals surface area contributed by atoms with Gasteiger partial charge in [-0.05, 0) is 42.4 Å². The molecule has 7 heteroatoms. The van der Waals surface area contributed by atoms with Crippen LogP contribution in [0.5, 0.6) is 0 Å². The highest BCUT2D eigenvalue weighted by atomic mass is 32.2. The fraction of sp³-hybridized carbons (Fsp3) is 0.417. The molecule has 2 rings (SSSR count). The molecule has 0 saturated carbocycles. The summed E-state index contributed by atoms with van der Waals surface area (Å²) in [7, 11) is 1.47. The standard InChI is InChI=1S/C12H11F4NOS/c1-11(6-19-12(14,15)16)8-5-7(13)3-4-9(8)17(2)10(11)18/h3-5H,6H2,1-2H3. The molecule has 0 aliphatic carbocycles. The maximum atomic E-state index is 13.3. The lowest BCUT2D eigenvalue weighted by Gasteiger charge is -2.23. The molecule has 0 spiro atoms. The molecule has 104 valence electrons. The van der Waals surface area contributed by atoms with E-state index in [1.807, 2.05) is 0 Å². The van der Waals surface area contributed by atoms with E-state index in [-0.39, 0.29) is 11.8 Å². The lowest BCUT2D eigenvalue weighted by atomic mass is 9.86. The van der Waals surface area contributed by atoms with Crippen LogP contribution in [-0.2, 0) is 10.2 Å². The Kier molecular flexibility index (Phi) is 3.28. The first-order chi connectivity index (χ1) is 8.65. The molecule has 1 atom stereocenters. The van der Waals surface area contributed by atoms with Crippen LogP contribution in [0, 0.1) is 5.82 Å². The highest BCUT2D eigenvalue weighted by Gasteiger charge is 2.48. The third-order valence-electron chi connectivity index (χ3n) is 3.22. The third-order valence-corrected chi connectivity index (χ3v) is 4.26. The number of hydrogen-bond donors (Lipinski definition) is 0. The van der Waals surface area contributed by atoms with Crippen molar-refractivity contribution in [1.82, 2.24) is 0 Å². The van der Waals surface area contributed by atoms with Gasteiger partial charge in [0.05, 0.1) is 5.41 Å². The van der Waals surface area contributed by atoms with Gasteiger partial charge in [0.1, 0.15) is 5.82 Å². The van der Waals surface area contributed by atoms with Crippen LogP contribution < -0.4 is 4.90 Å². The fourth-order valence-electron chi connectivity index (χ4n) is 2.20. The van der Waals surface area contributed by atoms with E-state index in [0.717, 1.165) is 6.07 Å². The largest absolute Gasteiger partial charge is 0.441 e. The van der Waals surface area contributed by atoms with Crippen molar-refractivity contribution in [1.29, 1.82) is 0 Å². The fourth-order valence-corrected chi connectivity index (χ4v) is 2.93. The number of benzene rings is 1. The summed E-state index contributed by atoms with van der Waals surface area (Å²) in [5, 5.41) is 0. The van der Waals surface area contributed by atoms with E-state index in [1.165, 1.54) is 31.0 Å². The molecule has 0 aromatic heterocycles. The van der Waals surface area contributed by atoms with Crippen molar-refractivity contribution in [2.75, 3.05) is 17.7 Å². The molecular formula is C12H11F4NOS. The van der Waals surface area contributed by atoms with Crippen LogP contribution in [0.2, 0.25) is 0 Å². The number of alkyl halides is 3. The summed E-state index contributed by atoms with van der Waals surface area (Å²) in [4.78, 5) is 13.4. The molecule has 2 nitrogen and oxygen atoms in total. The number of hydrogen-bond acceptors (Lipinski definition) is 2. The van der Waals surface area contributed by atoms with Gasteiger partial charge in [-0.3, -0.25) is 4.79 Å². The van der Waals surface area contributed by atoms with Gasteiger partial charge in [0.25, 0.3) is 0 Å². The number of anilines is 1. The third kappa shape index (κ3) is 2.43. The van der Waals surface area contributed by atoms with Gasteiger partial charge in [0.2, 0.25) is 5.91 Å². The minimum absolute atomic E-state index is 0.265. The Morgan fingerprint density at radius 3 is 2.58 bits per heavy atom. The molecule has 1 aromatic carbocycles. The molecule has 1 aliphatic heterocycles. The minimum Gasteiger partial charge on any atom is -0.314 e. The van der Waals surface area contributed by atoms with Gasteiger partial charge in [-0.2, -0.15) is 13.2 Å². The molecule has 0 bridgehead atoms. The zero-order valence-electron chi connectivity index (χ0n) is 10.2. The van der Waals surface area contributed by atoms with E-state index in [0.29, 0.717) is 11.3 Å². The first-order valence-corrected chi connectivity index (χ1v) is 6.42. The number of amides is 1. The van der Waals surface area contributed by atoms with E-state index in [2.05, 4.69) is 0 Å². The van der Waals surface area contributed by atoms with Gasteiger partial charge < -0.3 is 4.90 Å². The molecule has 0 radical (unpaired) electrons. The van der Waals surface area contributed by atoms with Crippen LogP contribution in [0.4, 0.5) is 23.2 Å². The number of halogens is 4. The number of carbonyl (C=O) groups is 1. The number of fused-ring (bicyclic) bond motifs is 1. The maximum absolute atomic E-state index is 13.3. The number of nitrogens with zero attached hydrogens (tertiary/aromatic N) is 1. The van der Waals surface area contributed by atoms with Gasteiger partial charge in [-0.25, -0.2) is 4.39 Å². The molecule has 1 heterocycles. The van der Waals surface area contributed by atoms with Crippen molar-refractivity contribution in [3.8, 4) is 0 Å². The van der Waals surface area contributed by atoms with Crippen molar-refractivity contribution in [2.24, 2.45) is 0 Å². The summed E-state index contributed by atoms with van der Waals surface area (Å²) in [5.41, 5.74) is -5.02. The van der Waals surface area contributed by atoms with Crippen molar-refractivity contribution in [2.45, 2.75) is 17.8 Å². The van der Waals surface area contributed by atoms with E-state index in [9.17, 15) is 22.4 Å². The van der Waals surface area contributed by atoms with Crippen molar-refractivity contribution < 1.29 is 22.4 Å². The summed E-state index contributed by atoms with van der Waals surface area (Å²) >= 11 is -0.265. The highest BCUT2D eigenvalue weighted by Crippen LogP contribution is 2.45. The average Bonchev–Trinajstić information content (AvgIpc) is 2.49. The molecule has 1 amide bonds. The van der Waals surface area contributed by atoms with E-state index < -0.39 is 28.4 Å². The SMILES string of the molecule is CN1C(=O)C(C)(CSC(F)(F)F)c2cc(F)ccc21. The summed E-state index contributed by atoms with van der Waals surface area (Å²) < 4.78 is 50.2. The monoisotopic (exact) mass is 293 g/mol. The molecule has 1 aliphatic rings. The highest BCUT2D eigenvalue weighted by molar-refractivity contribution is 8.00. The van der Waals surface area contributed by atoms with Gasteiger partial charge in [-0.1, -0.05) is 0 Å². The smallest absolute Gasteiger partial charge is 0.314 e. The second-order valence-corrected chi connectivity index (χ2v) is 5.63. The molecule has 1 unspecified atom stereocenters. The van der Waals surface area contributed by atoms with Crippen LogP contribution in [-0.4, -0.2) is 24.2 Å². The second kappa shape index (κ2) is 4.40. The topological polar surface area (TPSA) is 20.3 Å². The summed E-state index contributed by atoms with van der Waals surface area (Å²) in [6.07, 6.45) is 0. The van der Waals surface area contributed by atoms with Crippen LogP contribution in [0.25, 0.3) is 0 Å². The Hall–Kier alpha value is -1.24. The quantitative estimate of drug-likeness (QED) is 0.780. The molecule has 0 N–H and O–H groups in total. The number of carbonyl (C=O) groups excluding carboxylic acids is 1. The predicted molar refractivity (Wildman–Crippen MR) is 65.7 cm³/mol. The Labute approximate surface area is 111 Å². The summed E-state index contributed by atoms with van der Waals surface area (Å²) in [5.74, 6) is -1.48. The molecular weight excluding hydrogens is 282 g/mol. The van der Waals surface area contributed by atoms with E-state index in [1.54, 1.807) is 0 Å².